The number of aromatic nitrogens is 2. The van der Waals surface area contributed by atoms with Crippen LogP contribution < -0.4 is 10.5 Å². The summed E-state index contributed by atoms with van der Waals surface area (Å²) in [6, 6.07) is 25.8. The topological polar surface area (TPSA) is 75.2 Å². The molecule has 1 aliphatic heterocycles. The fraction of sp³-hybridized carbons (Fsp3) is 0.114. The van der Waals surface area contributed by atoms with E-state index < -0.39 is 27.5 Å². The normalized spacial score (nSPS) is 14.5. The molecule has 9 heteroatoms. The third-order valence-electron chi connectivity index (χ3n) is 8.14. The number of hydrogen-bond donors (Lipinski definition) is 1. The van der Waals surface area contributed by atoms with E-state index in [0.717, 1.165) is 28.3 Å². The molecule has 3 heterocycles. The molecule has 6 nitrogen and oxygen atoms in total. The summed E-state index contributed by atoms with van der Waals surface area (Å²) in [7, 11) is -1.72. The highest BCUT2D eigenvalue weighted by atomic mass is 32.2. The van der Waals surface area contributed by atoms with Crippen LogP contribution in [0.2, 0.25) is 0 Å². The van der Waals surface area contributed by atoms with E-state index in [1.807, 2.05) is 59.5 Å². The predicted octanol–water partition coefficient (Wildman–Crippen LogP) is 7.26. The molecule has 0 bridgehead atoms. The number of fused-ring (bicyclic) bond motifs is 2. The number of pyridine rings is 1. The molecule has 1 N–H and O–H groups in total. The Morgan fingerprint density at radius 2 is 1.55 bits per heavy atom. The number of rotatable bonds is 5. The van der Waals surface area contributed by atoms with Gasteiger partial charge in [0.25, 0.3) is 5.56 Å². The van der Waals surface area contributed by atoms with E-state index in [2.05, 4.69) is 4.98 Å². The number of halogens is 2. The standard InChI is InChI=1S/C35H27F2N3O3S/c1-39-19-28-26-16-21(20-44(2,42)43)12-14-30(26)40(31-15-13-23(36)17-29(31)37)34(27-18-38-33(32(27)28)35(39)41)25-11-7-6-10-24(25)22-8-4-3-5-9-22/h3-19,34,38H,20H2,1-2H3. The Labute approximate surface area is 252 Å². The smallest absolute Gasteiger partial charge is 0.274 e. The lowest BCUT2D eigenvalue weighted by Crippen LogP contribution is -2.26. The summed E-state index contributed by atoms with van der Waals surface area (Å²) < 4.78 is 56.3. The van der Waals surface area contributed by atoms with Crippen LogP contribution in [0.15, 0.2) is 108 Å². The first-order valence-corrected chi connectivity index (χ1v) is 16.1. The van der Waals surface area contributed by atoms with Crippen LogP contribution in [-0.2, 0) is 22.6 Å². The molecular weight excluding hydrogens is 580 g/mol. The molecule has 1 aliphatic rings. The van der Waals surface area contributed by atoms with Gasteiger partial charge in [-0.05, 0) is 46.5 Å². The minimum Gasteiger partial charge on any atom is -0.356 e. The van der Waals surface area contributed by atoms with E-state index in [1.54, 1.807) is 37.6 Å². The molecule has 7 rings (SSSR count). The van der Waals surface area contributed by atoms with Gasteiger partial charge in [0, 0.05) is 53.8 Å². The monoisotopic (exact) mass is 607 g/mol. The van der Waals surface area contributed by atoms with Gasteiger partial charge in [-0.1, -0.05) is 60.7 Å². The van der Waals surface area contributed by atoms with Gasteiger partial charge in [-0.3, -0.25) is 4.79 Å². The minimum atomic E-state index is -3.37. The summed E-state index contributed by atoms with van der Waals surface area (Å²) in [5, 5.41) is 0.656. The molecule has 1 unspecified atom stereocenters. The Morgan fingerprint density at radius 3 is 2.30 bits per heavy atom. The summed E-state index contributed by atoms with van der Waals surface area (Å²) in [5.41, 5.74) is 6.13. The van der Waals surface area contributed by atoms with Gasteiger partial charge >= 0.3 is 0 Å². The molecule has 0 saturated carbocycles. The van der Waals surface area contributed by atoms with Crippen LogP contribution in [-0.4, -0.2) is 24.2 Å². The summed E-state index contributed by atoms with van der Waals surface area (Å²) in [4.78, 5) is 18.4. The lowest BCUT2D eigenvalue weighted by Gasteiger charge is -2.35. The lowest BCUT2D eigenvalue weighted by molar-refractivity contribution is 0.580. The van der Waals surface area contributed by atoms with Gasteiger partial charge in [0.1, 0.15) is 17.2 Å². The van der Waals surface area contributed by atoms with Crippen molar-refractivity contribution in [2.45, 2.75) is 11.8 Å². The van der Waals surface area contributed by atoms with Crippen LogP contribution in [0.5, 0.6) is 0 Å². The molecule has 0 amide bonds. The maximum atomic E-state index is 15.9. The molecule has 0 fully saturated rings. The molecule has 1 atom stereocenters. The van der Waals surface area contributed by atoms with E-state index in [1.165, 1.54) is 23.0 Å². The van der Waals surface area contributed by atoms with Crippen molar-refractivity contribution < 1.29 is 17.2 Å². The molecular formula is C35H27F2N3O3S. The number of H-pyrrole nitrogens is 1. The summed E-state index contributed by atoms with van der Waals surface area (Å²) in [6.07, 6.45) is 4.68. The summed E-state index contributed by atoms with van der Waals surface area (Å²) in [6.45, 7) is 0. The van der Waals surface area contributed by atoms with Crippen molar-refractivity contribution in [2.75, 3.05) is 11.2 Å². The number of nitrogens with one attached hydrogen (secondary N) is 1. The van der Waals surface area contributed by atoms with E-state index >= 15 is 4.39 Å². The average molecular weight is 608 g/mol. The first-order valence-electron chi connectivity index (χ1n) is 14.0. The van der Waals surface area contributed by atoms with Gasteiger partial charge in [0.2, 0.25) is 0 Å². The fourth-order valence-electron chi connectivity index (χ4n) is 6.36. The average Bonchev–Trinajstić information content (AvgIpc) is 3.39. The quantitative estimate of drug-likeness (QED) is 0.224. The predicted molar refractivity (Wildman–Crippen MR) is 170 cm³/mol. The zero-order chi connectivity index (χ0) is 30.7. The number of aryl methyl sites for hydroxylation is 1. The Morgan fingerprint density at radius 1 is 0.818 bits per heavy atom. The maximum Gasteiger partial charge on any atom is 0.274 e. The SMILES string of the molecule is Cn1cc2c3c(c[nH]c3c1=O)C(c1ccccc1-c1ccccc1)N(c1ccc(F)cc1F)c1ccc(CS(C)(=O)=O)cc1-2. The van der Waals surface area contributed by atoms with Crippen molar-refractivity contribution in [3.8, 4) is 22.3 Å². The van der Waals surface area contributed by atoms with E-state index in [9.17, 15) is 17.6 Å². The zero-order valence-electron chi connectivity index (χ0n) is 23.9. The number of hydrogen-bond acceptors (Lipinski definition) is 4. The third kappa shape index (κ3) is 4.60. The van der Waals surface area contributed by atoms with E-state index in [-0.39, 0.29) is 17.0 Å². The van der Waals surface area contributed by atoms with Crippen molar-refractivity contribution in [1.29, 1.82) is 0 Å². The molecule has 4 aromatic carbocycles. The van der Waals surface area contributed by atoms with Crippen molar-refractivity contribution in [3.05, 3.63) is 142 Å². The van der Waals surface area contributed by atoms with E-state index in [0.29, 0.717) is 33.3 Å². The zero-order valence-corrected chi connectivity index (χ0v) is 24.7. The van der Waals surface area contributed by atoms with Gasteiger partial charge in [-0.15, -0.1) is 0 Å². The fourth-order valence-corrected chi connectivity index (χ4v) is 7.14. The van der Waals surface area contributed by atoms with Crippen LogP contribution in [0.4, 0.5) is 20.2 Å². The Hall–Kier alpha value is -5.02. The highest BCUT2D eigenvalue weighted by molar-refractivity contribution is 7.89. The van der Waals surface area contributed by atoms with Gasteiger partial charge in [-0.25, -0.2) is 17.2 Å². The van der Waals surface area contributed by atoms with Crippen molar-refractivity contribution in [3.63, 3.8) is 0 Å². The number of sulfone groups is 1. The van der Waals surface area contributed by atoms with Gasteiger partial charge in [0.05, 0.1) is 23.2 Å². The number of aromatic amines is 1. The molecule has 220 valence electrons. The highest BCUT2D eigenvalue weighted by Crippen LogP contribution is 2.52. The number of anilines is 2. The molecule has 44 heavy (non-hydrogen) atoms. The molecule has 0 radical (unpaired) electrons. The van der Waals surface area contributed by atoms with Gasteiger partial charge in [0.15, 0.2) is 9.84 Å². The molecule has 0 spiro atoms. The Bertz CT molecular complexity index is 2260. The minimum absolute atomic E-state index is 0.130. The maximum absolute atomic E-state index is 15.9. The van der Waals surface area contributed by atoms with Crippen molar-refractivity contribution in [1.82, 2.24) is 9.55 Å². The van der Waals surface area contributed by atoms with Gasteiger partial charge in [-0.2, -0.15) is 0 Å². The van der Waals surface area contributed by atoms with Crippen molar-refractivity contribution >= 4 is 32.1 Å². The first kappa shape index (κ1) is 27.8. The Balaban J connectivity index is 1.64. The number of nitrogens with zero attached hydrogens (tertiary/aromatic N) is 2. The molecule has 0 saturated heterocycles. The third-order valence-corrected chi connectivity index (χ3v) is 9.00. The van der Waals surface area contributed by atoms with Crippen LogP contribution >= 0.6 is 0 Å². The summed E-state index contributed by atoms with van der Waals surface area (Å²) >= 11 is 0. The second-order valence-electron chi connectivity index (χ2n) is 11.2. The second kappa shape index (κ2) is 10.3. The largest absolute Gasteiger partial charge is 0.356 e. The van der Waals surface area contributed by atoms with Crippen LogP contribution in [0.1, 0.15) is 22.7 Å². The highest BCUT2D eigenvalue weighted by Gasteiger charge is 2.36. The summed E-state index contributed by atoms with van der Waals surface area (Å²) in [5.74, 6) is -1.66. The van der Waals surface area contributed by atoms with Crippen LogP contribution in [0.25, 0.3) is 33.2 Å². The van der Waals surface area contributed by atoms with E-state index in [4.69, 9.17) is 0 Å². The van der Waals surface area contributed by atoms with Crippen LogP contribution in [0, 0.1) is 11.6 Å². The van der Waals surface area contributed by atoms with Gasteiger partial charge < -0.3 is 14.5 Å². The molecule has 6 aromatic rings. The van der Waals surface area contributed by atoms with Crippen LogP contribution in [0.3, 0.4) is 0 Å². The Kier molecular flexibility index (Phi) is 6.51. The lowest BCUT2D eigenvalue weighted by atomic mass is 9.89. The number of benzene rings is 4. The second-order valence-corrected chi connectivity index (χ2v) is 13.3. The van der Waals surface area contributed by atoms with Crippen molar-refractivity contribution in [2.24, 2.45) is 7.05 Å². The first-order chi connectivity index (χ1) is 21.1. The molecule has 0 aliphatic carbocycles. The molecule has 2 aromatic heterocycles.